The SMILES string of the molecule is CCCC(F)C(F)(F)C(F)(F)C(F)(F)C(F)(F)C(F)(F)C(F)(F)C(F)(F)C(F)(F)C(F)(F)C(F)F. The zero-order valence-electron chi connectivity index (χ0n) is 16.0. The molecule has 0 N–H and O–H groups in total. The van der Waals surface area contributed by atoms with Crippen LogP contribution in [0.3, 0.4) is 0 Å². The molecule has 21 heteroatoms. The van der Waals surface area contributed by atoms with E-state index in [1.807, 2.05) is 0 Å². The van der Waals surface area contributed by atoms with Gasteiger partial charge in [0.05, 0.1) is 0 Å². The van der Waals surface area contributed by atoms with Crippen LogP contribution >= 0.6 is 0 Å². The minimum absolute atomic E-state index is 0.694. The Bertz CT molecular complexity index is 734. The summed E-state index contributed by atoms with van der Waals surface area (Å²) >= 11 is 0. The summed E-state index contributed by atoms with van der Waals surface area (Å²) in [6.45, 7) is 0.694. The molecule has 0 aromatic heterocycles. The molecule has 0 fully saturated rings. The molecule has 0 nitrogen and oxygen atoms in total. The molecule has 1 unspecified atom stereocenters. The lowest BCUT2D eigenvalue weighted by Gasteiger charge is -2.44. The normalized spacial score (nSPS) is 17.2. The Morgan fingerprint density at radius 3 is 0.857 bits per heavy atom. The van der Waals surface area contributed by atoms with Crippen LogP contribution in [-0.2, 0) is 0 Å². The first kappa shape index (κ1) is 33.5. The van der Waals surface area contributed by atoms with Crippen LogP contribution in [0.2, 0.25) is 0 Å². The van der Waals surface area contributed by atoms with E-state index in [4.69, 9.17) is 0 Å². The van der Waals surface area contributed by atoms with Crippen LogP contribution in [0.25, 0.3) is 0 Å². The lowest BCUT2D eigenvalue weighted by atomic mass is 9.85. The molecule has 0 saturated heterocycles. The highest BCUT2D eigenvalue weighted by Crippen LogP contribution is 2.65. The monoisotopic (exact) mass is 576 g/mol. The van der Waals surface area contributed by atoms with E-state index in [0.29, 0.717) is 6.92 Å². The molecule has 0 aromatic carbocycles. The lowest BCUT2D eigenvalue weighted by molar-refractivity contribution is -0.466. The first-order chi connectivity index (χ1) is 14.9. The van der Waals surface area contributed by atoms with Gasteiger partial charge in [0.25, 0.3) is 0 Å². The van der Waals surface area contributed by atoms with Gasteiger partial charge in [-0.25, -0.2) is 13.2 Å². The molecule has 0 aliphatic carbocycles. The lowest BCUT2D eigenvalue weighted by Crippen LogP contribution is -2.76. The molecule has 0 amide bonds. The summed E-state index contributed by atoms with van der Waals surface area (Å²) in [5.74, 6) is -76.1. The first-order valence-electron chi connectivity index (χ1n) is 8.25. The minimum atomic E-state index is -9.08. The summed E-state index contributed by atoms with van der Waals surface area (Å²) in [6.07, 6.45) is -13.5. The van der Waals surface area contributed by atoms with Gasteiger partial charge in [0.15, 0.2) is 6.17 Å². The summed E-state index contributed by atoms with van der Waals surface area (Å²) < 4.78 is 276. The standard InChI is InChI=1S/C14H9F21/c1-2-3-4(15)6(18,19)8(22,23)10(26,27)12(30,31)14(34,35)13(32,33)11(28,29)9(24,25)7(20,21)5(16)17/h4-5H,2-3H2,1H3. The fraction of sp³-hybridized carbons (Fsp3) is 1.00. The van der Waals surface area contributed by atoms with E-state index in [2.05, 4.69) is 0 Å². The van der Waals surface area contributed by atoms with Crippen LogP contribution < -0.4 is 0 Å². The van der Waals surface area contributed by atoms with Crippen LogP contribution in [0.15, 0.2) is 0 Å². The molecule has 0 aliphatic heterocycles. The van der Waals surface area contributed by atoms with E-state index in [9.17, 15) is 92.2 Å². The molecule has 0 aromatic rings. The van der Waals surface area contributed by atoms with Crippen molar-refractivity contribution in [3.63, 3.8) is 0 Å². The predicted octanol–water partition coefficient (Wildman–Crippen LogP) is 8.11. The number of hydrogen-bond acceptors (Lipinski definition) is 0. The third kappa shape index (κ3) is 4.14. The maximum absolute atomic E-state index is 13.5. The predicted molar refractivity (Wildman–Crippen MR) is 70.3 cm³/mol. The van der Waals surface area contributed by atoms with Crippen LogP contribution in [0.5, 0.6) is 0 Å². The third-order valence-electron chi connectivity index (χ3n) is 4.41. The zero-order valence-corrected chi connectivity index (χ0v) is 16.0. The van der Waals surface area contributed by atoms with Gasteiger partial charge >= 0.3 is 59.7 Å². The second-order valence-electron chi connectivity index (χ2n) is 6.82. The molecule has 0 heterocycles. The molecule has 212 valence electrons. The van der Waals surface area contributed by atoms with E-state index in [1.54, 1.807) is 0 Å². The zero-order chi connectivity index (χ0) is 29.1. The van der Waals surface area contributed by atoms with Crippen LogP contribution in [0, 0.1) is 0 Å². The molecule has 0 radical (unpaired) electrons. The number of hydrogen-bond donors (Lipinski definition) is 0. The van der Waals surface area contributed by atoms with Crippen molar-refractivity contribution in [3.05, 3.63) is 0 Å². The molecule has 35 heavy (non-hydrogen) atoms. The highest BCUT2D eigenvalue weighted by Gasteiger charge is 2.97. The Kier molecular flexibility index (Phi) is 8.46. The molecule has 0 aliphatic rings. The van der Waals surface area contributed by atoms with Crippen molar-refractivity contribution in [3.8, 4) is 0 Å². The molecule has 1 atom stereocenters. The number of halogens is 21. The van der Waals surface area contributed by atoms with Crippen LogP contribution in [0.4, 0.5) is 92.2 Å². The average Bonchev–Trinajstić information content (AvgIpc) is 2.66. The van der Waals surface area contributed by atoms with Crippen molar-refractivity contribution >= 4 is 0 Å². The Balaban J connectivity index is 6.98. The van der Waals surface area contributed by atoms with Gasteiger partial charge < -0.3 is 0 Å². The van der Waals surface area contributed by atoms with Gasteiger partial charge in [-0.2, -0.15) is 79.0 Å². The third-order valence-corrected chi connectivity index (χ3v) is 4.41. The topological polar surface area (TPSA) is 0 Å². The molecule has 0 rings (SSSR count). The maximum Gasteiger partial charge on any atom is 0.385 e. The highest BCUT2D eigenvalue weighted by molar-refractivity contribution is 5.18. The van der Waals surface area contributed by atoms with Gasteiger partial charge in [-0.1, -0.05) is 13.3 Å². The maximum atomic E-state index is 13.5. The summed E-state index contributed by atoms with van der Waals surface area (Å²) in [5, 5.41) is 0. The van der Waals surface area contributed by atoms with Gasteiger partial charge in [0.2, 0.25) is 0 Å². The van der Waals surface area contributed by atoms with E-state index < -0.39 is 78.7 Å². The van der Waals surface area contributed by atoms with Gasteiger partial charge in [-0.3, -0.25) is 0 Å². The molecule has 0 bridgehead atoms. The number of rotatable bonds is 12. The Hall–Kier alpha value is -1.47. The summed E-state index contributed by atoms with van der Waals surface area (Å²) in [5.41, 5.74) is 0. The number of alkyl halides is 21. The van der Waals surface area contributed by atoms with Gasteiger partial charge in [0, 0.05) is 0 Å². The van der Waals surface area contributed by atoms with Crippen molar-refractivity contribution < 1.29 is 92.2 Å². The van der Waals surface area contributed by atoms with Crippen LogP contribution in [-0.4, -0.2) is 65.9 Å². The average molecular weight is 576 g/mol. The minimum Gasteiger partial charge on any atom is -0.241 e. The summed E-state index contributed by atoms with van der Waals surface area (Å²) in [6, 6.07) is 0. The van der Waals surface area contributed by atoms with E-state index in [-0.39, 0.29) is 0 Å². The van der Waals surface area contributed by atoms with E-state index in [0.717, 1.165) is 0 Å². The summed E-state index contributed by atoms with van der Waals surface area (Å²) in [7, 11) is 0. The Labute approximate surface area is 179 Å². The fourth-order valence-electron chi connectivity index (χ4n) is 2.17. The van der Waals surface area contributed by atoms with Gasteiger partial charge in [-0.15, -0.1) is 0 Å². The Morgan fingerprint density at radius 1 is 0.400 bits per heavy atom. The molecular formula is C14H9F21. The second-order valence-corrected chi connectivity index (χ2v) is 6.82. The molecule has 0 saturated carbocycles. The Morgan fingerprint density at radius 2 is 0.629 bits per heavy atom. The highest BCUT2D eigenvalue weighted by atomic mass is 19.4. The second kappa shape index (κ2) is 8.83. The van der Waals surface area contributed by atoms with Crippen LogP contribution in [0.1, 0.15) is 19.8 Å². The molecular weight excluding hydrogens is 567 g/mol. The largest absolute Gasteiger partial charge is 0.385 e. The van der Waals surface area contributed by atoms with Crippen molar-refractivity contribution in [1.29, 1.82) is 0 Å². The molecule has 0 spiro atoms. The van der Waals surface area contributed by atoms with Crippen molar-refractivity contribution in [2.24, 2.45) is 0 Å². The van der Waals surface area contributed by atoms with Gasteiger partial charge in [0.1, 0.15) is 0 Å². The quantitative estimate of drug-likeness (QED) is 0.206. The van der Waals surface area contributed by atoms with Gasteiger partial charge in [-0.05, 0) is 6.42 Å². The first-order valence-corrected chi connectivity index (χ1v) is 8.25. The van der Waals surface area contributed by atoms with Crippen molar-refractivity contribution in [2.75, 3.05) is 0 Å². The van der Waals surface area contributed by atoms with Crippen molar-refractivity contribution in [2.45, 2.75) is 85.7 Å². The van der Waals surface area contributed by atoms with E-state index >= 15 is 0 Å². The van der Waals surface area contributed by atoms with Crippen molar-refractivity contribution in [1.82, 2.24) is 0 Å². The smallest absolute Gasteiger partial charge is 0.241 e. The van der Waals surface area contributed by atoms with E-state index in [1.165, 1.54) is 0 Å². The summed E-state index contributed by atoms with van der Waals surface area (Å²) in [4.78, 5) is 0. The fourth-order valence-corrected chi connectivity index (χ4v) is 2.17.